The normalized spacial score (nSPS) is 14.4. The number of nitrogens with one attached hydrogen (secondary N) is 1. The quantitative estimate of drug-likeness (QED) is 0.186. The van der Waals surface area contributed by atoms with Crippen molar-refractivity contribution in [2.75, 3.05) is 81.6 Å². The predicted molar refractivity (Wildman–Crippen MR) is 254 cm³/mol. The first kappa shape index (κ1) is 44.6. The van der Waals surface area contributed by atoms with Gasteiger partial charge in [0.25, 0.3) is 0 Å². The number of halogens is 1. The van der Waals surface area contributed by atoms with Gasteiger partial charge in [0, 0.05) is 88.6 Å². The van der Waals surface area contributed by atoms with Gasteiger partial charge in [-0.2, -0.15) is 0 Å². The molecule has 0 amide bonds. The van der Waals surface area contributed by atoms with Crippen LogP contribution < -0.4 is 20.9 Å². The van der Waals surface area contributed by atoms with E-state index in [1.165, 1.54) is 0 Å². The second-order valence-corrected chi connectivity index (χ2v) is 16.1. The van der Waals surface area contributed by atoms with Gasteiger partial charge in [0.2, 0.25) is 0 Å². The maximum absolute atomic E-state index is 6.30. The third-order valence-corrected chi connectivity index (χ3v) is 11.0. The summed E-state index contributed by atoms with van der Waals surface area (Å²) in [7, 11) is 4.27. The molecule has 0 aliphatic carbocycles. The van der Waals surface area contributed by atoms with Gasteiger partial charge in [-0.3, -0.25) is 19.9 Å². The third kappa shape index (κ3) is 11.6. The summed E-state index contributed by atoms with van der Waals surface area (Å²) in [5.41, 5.74) is 12.9. The summed E-state index contributed by atoms with van der Waals surface area (Å²) in [5.74, 6) is 3.50. The lowest BCUT2D eigenvalue weighted by Crippen LogP contribution is -2.44. The number of benzene rings is 2. The van der Waals surface area contributed by atoms with Crippen LogP contribution in [0.15, 0.2) is 97.8 Å². The van der Waals surface area contributed by atoms with Crippen molar-refractivity contribution in [2.24, 2.45) is 5.73 Å². The Morgan fingerprint density at radius 1 is 0.523 bits per heavy atom. The smallest absolute Gasteiger partial charge is 0.186 e. The highest BCUT2D eigenvalue weighted by Crippen LogP contribution is 2.26. The molecule has 19 heteroatoms. The Morgan fingerprint density at radius 2 is 1.00 bits per heavy atom. The molecule has 332 valence electrons. The van der Waals surface area contributed by atoms with E-state index < -0.39 is 0 Å². The van der Waals surface area contributed by atoms with Crippen molar-refractivity contribution in [3.05, 3.63) is 126 Å². The van der Waals surface area contributed by atoms with E-state index in [2.05, 4.69) is 78.9 Å². The van der Waals surface area contributed by atoms with Gasteiger partial charge in [0.05, 0.1) is 47.9 Å². The van der Waals surface area contributed by atoms with Crippen molar-refractivity contribution in [2.45, 2.75) is 26.9 Å². The van der Waals surface area contributed by atoms with Crippen LogP contribution >= 0.6 is 11.6 Å². The molecule has 0 atom stereocenters. The second kappa shape index (κ2) is 21.1. The van der Waals surface area contributed by atoms with Gasteiger partial charge in [-0.1, -0.05) is 72.3 Å². The zero-order valence-corrected chi connectivity index (χ0v) is 37.7. The third-order valence-electron chi connectivity index (χ3n) is 10.8. The van der Waals surface area contributed by atoms with Gasteiger partial charge in [-0.05, 0) is 27.9 Å². The van der Waals surface area contributed by atoms with E-state index in [4.69, 9.17) is 37.3 Å². The van der Waals surface area contributed by atoms with E-state index in [-0.39, 0.29) is 0 Å². The number of piperazine rings is 2. The largest absolute Gasteiger partial charge is 0.362 e. The van der Waals surface area contributed by atoms with Crippen LogP contribution in [0, 0.1) is 13.8 Å². The zero-order valence-electron chi connectivity index (χ0n) is 36.9. The molecule has 65 heavy (non-hydrogen) atoms. The van der Waals surface area contributed by atoms with Crippen LogP contribution in [-0.4, -0.2) is 136 Å². The topological polar surface area (TPSA) is 206 Å². The summed E-state index contributed by atoms with van der Waals surface area (Å²) in [6, 6.07) is 19.7. The average Bonchev–Trinajstić information content (AvgIpc) is 3.35. The van der Waals surface area contributed by atoms with Crippen LogP contribution in [0.25, 0.3) is 45.1 Å². The maximum atomic E-state index is 6.30. The average molecular weight is 891 g/mol. The molecule has 0 radical (unpaired) electrons. The van der Waals surface area contributed by atoms with Crippen LogP contribution in [0.1, 0.15) is 22.8 Å². The molecule has 10 rings (SSSR count). The van der Waals surface area contributed by atoms with Crippen LogP contribution in [0.3, 0.4) is 0 Å². The number of hydrogen-bond donors (Lipinski definition) is 2. The highest BCUT2D eigenvalue weighted by atomic mass is 35.5. The minimum absolute atomic E-state index is 0.330. The number of nitrogens with two attached hydrogens (primary N) is 1. The van der Waals surface area contributed by atoms with Crippen LogP contribution in [0.5, 0.6) is 0 Å². The van der Waals surface area contributed by atoms with E-state index in [0.717, 1.165) is 97.9 Å². The summed E-state index contributed by atoms with van der Waals surface area (Å²) in [6.07, 6.45) is 10.5. The summed E-state index contributed by atoms with van der Waals surface area (Å²) < 4.78 is 0. The Morgan fingerprint density at radius 3 is 1.49 bits per heavy atom. The van der Waals surface area contributed by atoms with Crippen molar-refractivity contribution in [3.63, 3.8) is 0 Å². The number of nitrogens with zero attached hydrogens (tertiary/aromatic N) is 16. The maximum Gasteiger partial charge on any atom is 0.186 e. The van der Waals surface area contributed by atoms with Crippen molar-refractivity contribution in [3.8, 4) is 22.8 Å². The molecule has 2 aliphatic heterocycles. The molecule has 8 heterocycles. The van der Waals surface area contributed by atoms with Gasteiger partial charge < -0.3 is 30.7 Å². The van der Waals surface area contributed by atoms with Crippen molar-refractivity contribution in [1.82, 2.24) is 69.6 Å². The van der Waals surface area contributed by atoms with E-state index in [1.807, 2.05) is 80.7 Å². The monoisotopic (exact) mass is 890 g/mol. The van der Waals surface area contributed by atoms with E-state index in [9.17, 15) is 0 Å². The van der Waals surface area contributed by atoms with Crippen LogP contribution in [0.2, 0.25) is 5.15 Å². The number of aryl methyl sites for hydroxylation is 2. The standard InChI is InChI=1S/C23H25N9.C17H17ClN6.C6H9N3/c1-16-12-25-18(13-24-16)14-27-22-20-23(30-21(29-22)17-6-4-3-5-7-17)28-19(15-26-20)32-10-8-31(2)9-11-32;1-23-7-9-24(10-8-23)13-11-19-14-15(18)21-16(22-17(14)20-13)12-5-3-2-4-6-12;1-5-3-9-6(2-7)4-8-5/h3-7,12-13,15H,8-11,14H2,1-2H3,(H,27,28,29,30);2-6,11H,7-10H2,1H3;3-4H,2,7H2,1H3. The molecule has 2 fully saturated rings. The molecule has 2 aliphatic rings. The van der Waals surface area contributed by atoms with Gasteiger partial charge >= 0.3 is 0 Å². The first-order chi connectivity index (χ1) is 31.7. The highest BCUT2D eigenvalue weighted by molar-refractivity contribution is 6.33. The van der Waals surface area contributed by atoms with Gasteiger partial charge in [-0.25, -0.2) is 39.9 Å². The molecule has 8 aromatic rings. The zero-order chi connectivity index (χ0) is 45.1. The minimum Gasteiger partial charge on any atom is -0.362 e. The lowest BCUT2D eigenvalue weighted by atomic mass is 10.2. The molecule has 2 saturated heterocycles. The Balaban J connectivity index is 0.000000153. The Kier molecular flexibility index (Phi) is 14.5. The minimum atomic E-state index is 0.330. The summed E-state index contributed by atoms with van der Waals surface area (Å²) in [4.78, 5) is 63.0. The Bertz CT molecular complexity index is 2780. The number of likely N-dealkylation sites (N-methyl/N-ethyl adjacent to an activating group) is 2. The molecular weight excluding hydrogens is 840 g/mol. The lowest BCUT2D eigenvalue weighted by Gasteiger charge is -2.32. The number of anilines is 3. The SMILES string of the molecule is CN1CCN(c2cnc3c(Cl)nc(-c4ccccc4)nc3n2)CC1.Cc1cnc(CN)cn1.Cc1cnc(CNc2nc(-c3ccccc3)nc3nc(N4CCN(C)CC4)cnc23)cn1. The fourth-order valence-electron chi connectivity index (χ4n) is 6.91. The Hall–Kier alpha value is -6.99. The molecule has 0 unspecified atom stereocenters. The van der Waals surface area contributed by atoms with Gasteiger partial charge in [0.1, 0.15) is 17.2 Å². The first-order valence-electron chi connectivity index (χ1n) is 21.4. The number of hydrogen-bond acceptors (Lipinski definition) is 18. The Labute approximate surface area is 382 Å². The van der Waals surface area contributed by atoms with Gasteiger partial charge in [0.15, 0.2) is 39.4 Å². The molecule has 2 aromatic carbocycles. The summed E-state index contributed by atoms with van der Waals surface area (Å²) in [6.45, 7) is 12.5. The highest BCUT2D eigenvalue weighted by Gasteiger charge is 2.20. The van der Waals surface area contributed by atoms with Crippen LogP contribution in [0.4, 0.5) is 17.5 Å². The van der Waals surface area contributed by atoms with Gasteiger partial charge in [-0.15, -0.1) is 0 Å². The van der Waals surface area contributed by atoms with Crippen LogP contribution in [-0.2, 0) is 13.1 Å². The first-order valence-corrected chi connectivity index (χ1v) is 21.8. The van der Waals surface area contributed by atoms with Crippen molar-refractivity contribution >= 4 is 51.4 Å². The molecule has 0 bridgehead atoms. The molecule has 0 spiro atoms. The molecule has 18 nitrogen and oxygen atoms in total. The number of fused-ring (bicyclic) bond motifs is 2. The van der Waals surface area contributed by atoms with E-state index in [0.29, 0.717) is 58.0 Å². The van der Waals surface area contributed by atoms with E-state index in [1.54, 1.807) is 31.0 Å². The lowest BCUT2D eigenvalue weighted by molar-refractivity contribution is 0.312. The number of aromatic nitrogens is 12. The molecule has 0 saturated carbocycles. The molecule has 3 N–H and O–H groups in total. The van der Waals surface area contributed by atoms with E-state index >= 15 is 0 Å². The molecular formula is C46H51ClN18. The second-order valence-electron chi connectivity index (χ2n) is 15.7. The summed E-state index contributed by atoms with van der Waals surface area (Å²) in [5, 5.41) is 3.69. The van der Waals surface area contributed by atoms with Crippen molar-refractivity contribution < 1.29 is 0 Å². The summed E-state index contributed by atoms with van der Waals surface area (Å²) >= 11 is 6.30. The van der Waals surface area contributed by atoms with Crippen molar-refractivity contribution in [1.29, 1.82) is 0 Å². The molecule has 6 aromatic heterocycles. The number of rotatable bonds is 8. The fourth-order valence-corrected chi connectivity index (χ4v) is 7.12. The fraction of sp³-hybridized carbons (Fsp3) is 0.304. The predicted octanol–water partition coefficient (Wildman–Crippen LogP) is 5.28.